The number of primary amides is 1. The summed E-state index contributed by atoms with van der Waals surface area (Å²) in [6.07, 6.45) is 6.78. The zero-order chi connectivity index (χ0) is 21.5. The predicted molar refractivity (Wildman–Crippen MR) is 113 cm³/mol. The number of pyridine rings is 1. The van der Waals surface area contributed by atoms with Crippen molar-refractivity contribution in [2.75, 3.05) is 0 Å². The summed E-state index contributed by atoms with van der Waals surface area (Å²) in [7, 11) is 0. The van der Waals surface area contributed by atoms with Gasteiger partial charge in [0.2, 0.25) is 5.91 Å². The molecule has 4 aliphatic carbocycles. The Morgan fingerprint density at radius 3 is 2.67 bits per heavy atom. The average molecular weight is 410 g/mol. The Morgan fingerprint density at radius 2 is 2.07 bits per heavy atom. The van der Waals surface area contributed by atoms with Gasteiger partial charge in [-0.2, -0.15) is 5.26 Å². The summed E-state index contributed by atoms with van der Waals surface area (Å²) < 4.78 is 6.16. The molecule has 2 unspecified atom stereocenters. The van der Waals surface area contributed by atoms with Gasteiger partial charge in [-0.25, -0.2) is 0 Å². The number of aliphatic imine (C=N–C) groups is 1. The molecule has 5 rings (SSSR count). The fourth-order valence-electron chi connectivity index (χ4n) is 6.05. The van der Waals surface area contributed by atoms with Crippen LogP contribution in [0, 0.1) is 41.5 Å². The minimum absolute atomic E-state index is 0.102. The Kier molecular flexibility index (Phi) is 5.31. The number of nitrogens with zero attached hydrogens (tertiary/aromatic N) is 3. The number of carbonyl (C=O) groups is 1. The lowest BCUT2D eigenvalue weighted by Crippen LogP contribution is -2.58. The van der Waals surface area contributed by atoms with E-state index in [0.29, 0.717) is 30.2 Å². The van der Waals surface area contributed by atoms with E-state index in [4.69, 9.17) is 15.5 Å². The number of amides is 1. The van der Waals surface area contributed by atoms with Crippen molar-refractivity contribution in [3.8, 4) is 6.19 Å². The second-order valence-corrected chi connectivity index (χ2v) is 9.89. The van der Waals surface area contributed by atoms with Crippen LogP contribution in [-0.2, 0) is 16.1 Å². The van der Waals surface area contributed by atoms with Crippen molar-refractivity contribution in [1.29, 1.82) is 5.26 Å². The van der Waals surface area contributed by atoms with Crippen LogP contribution in [0.4, 0.5) is 0 Å². The Labute approximate surface area is 178 Å². The van der Waals surface area contributed by atoms with E-state index in [2.05, 4.69) is 10.3 Å². The summed E-state index contributed by atoms with van der Waals surface area (Å²) in [5.74, 6) is 1.66. The zero-order valence-corrected chi connectivity index (χ0v) is 18.0. The summed E-state index contributed by atoms with van der Waals surface area (Å²) in [6.45, 7) is 6.13. The van der Waals surface area contributed by atoms with Crippen molar-refractivity contribution >= 4 is 11.7 Å². The molecule has 7 nitrogen and oxygen atoms in total. The molecule has 0 saturated heterocycles. The van der Waals surface area contributed by atoms with E-state index in [1.807, 2.05) is 45.2 Å². The summed E-state index contributed by atoms with van der Waals surface area (Å²) in [5.41, 5.74) is 6.48. The molecule has 1 amide bonds. The van der Waals surface area contributed by atoms with Crippen molar-refractivity contribution in [2.45, 2.75) is 71.1 Å². The van der Waals surface area contributed by atoms with E-state index in [0.717, 1.165) is 43.5 Å². The number of aromatic nitrogens is 1. The lowest BCUT2D eigenvalue weighted by molar-refractivity contribution is -0.144. The molecule has 0 aliphatic heterocycles. The number of nitrogens with two attached hydrogens (primary N) is 1. The lowest BCUT2D eigenvalue weighted by Gasteiger charge is -2.57. The van der Waals surface area contributed by atoms with Crippen molar-refractivity contribution in [3.63, 3.8) is 0 Å². The smallest absolute Gasteiger partial charge is 0.223 e. The Morgan fingerprint density at radius 1 is 1.37 bits per heavy atom. The van der Waals surface area contributed by atoms with Gasteiger partial charge in [-0.15, -0.1) is 0 Å². The molecule has 160 valence electrons. The van der Waals surface area contributed by atoms with Crippen LogP contribution in [0.1, 0.15) is 57.3 Å². The van der Waals surface area contributed by atoms with Crippen LogP contribution in [0.25, 0.3) is 0 Å². The van der Waals surface area contributed by atoms with Gasteiger partial charge in [-0.3, -0.25) is 20.1 Å². The minimum Gasteiger partial charge on any atom is -0.369 e. The number of ether oxygens (including phenoxy) is 1. The molecule has 1 aromatic heterocycles. The van der Waals surface area contributed by atoms with Crippen LogP contribution in [0.2, 0.25) is 0 Å². The Hall–Kier alpha value is -2.46. The van der Waals surface area contributed by atoms with Crippen LogP contribution in [-0.4, -0.2) is 28.4 Å². The van der Waals surface area contributed by atoms with E-state index >= 15 is 0 Å². The quantitative estimate of drug-likeness (QED) is 0.325. The van der Waals surface area contributed by atoms with Crippen LogP contribution >= 0.6 is 0 Å². The number of carbonyl (C=O) groups excluding carboxylic acids is 1. The van der Waals surface area contributed by atoms with Gasteiger partial charge in [0, 0.05) is 11.1 Å². The van der Waals surface area contributed by atoms with Gasteiger partial charge in [-0.05, 0) is 82.8 Å². The van der Waals surface area contributed by atoms with Crippen molar-refractivity contribution in [3.05, 3.63) is 29.6 Å². The van der Waals surface area contributed by atoms with E-state index in [9.17, 15) is 10.1 Å². The maximum absolute atomic E-state index is 12.2. The fourth-order valence-corrected chi connectivity index (χ4v) is 6.05. The first-order valence-electron chi connectivity index (χ1n) is 10.8. The molecule has 0 aromatic carbocycles. The van der Waals surface area contributed by atoms with E-state index < -0.39 is 5.60 Å². The molecular weight excluding hydrogens is 378 g/mol. The number of amidine groups is 1. The Bertz CT molecular complexity index is 887. The summed E-state index contributed by atoms with van der Waals surface area (Å²) in [6, 6.07) is 5.94. The van der Waals surface area contributed by atoms with Gasteiger partial charge < -0.3 is 10.5 Å². The van der Waals surface area contributed by atoms with E-state index in [-0.39, 0.29) is 17.4 Å². The van der Waals surface area contributed by atoms with Gasteiger partial charge in [0.15, 0.2) is 6.19 Å². The van der Waals surface area contributed by atoms with Crippen LogP contribution in [0.3, 0.4) is 0 Å². The molecule has 4 saturated carbocycles. The molecule has 0 spiro atoms. The minimum atomic E-state index is -0.767. The van der Waals surface area contributed by atoms with Crippen molar-refractivity contribution in [2.24, 2.45) is 33.9 Å². The standard InChI is InChI=1S/C23H31N5O2/c1-14-5-4-6-18(27-14)12-30-22(2,3)21(26-13-24)28-19-16-7-15-8-17(19)11-23(9-15,10-16)20(25)29/h4-6,15-17,19H,7-12H2,1-3H3,(H2,25,29)(H,26,28). The van der Waals surface area contributed by atoms with E-state index in [1.54, 1.807) is 0 Å². The zero-order valence-electron chi connectivity index (χ0n) is 18.0. The highest BCUT2D eigenvalue weighted by Crippen LogP contribution is 2.60. The molecule has 4 aliphatic rings. The number of hydrogen-bond donors (Lipinski definition) is 2. The topological polar surface area (TPSA) is 113 Å². The van der Waals surface area contributed by atoms with Crippen molar-refractivity contribution < 1.29 is 9.53 Å². The predicted octanol–water partition coefficient (Wildman–Crippen LogP) is 2.83. The highest BCUT2D eigenvalue weighted by Gasteiger charge is 2.58. The highest BCUT2D eigenvalue weighted by atomic mass is 16.5. The van der Waals surface area contributed by atoms with Gasteiger partial charge in [0.05, 0.1) is 18.3 Å². The first-order chi connectivity index (χ1) is 14.2. The summed E-state index contributed by atoms with van der Waals surface area (Å²) in [4.78, 5) is 21.7. The molecule has 1 aromatic rings. The highest BCUT2D eigenvalue weighted by molar-refractivity contribution is 5.91. The second-order valence-electron chi connectivity index (χ2n) is 9.89. The molecule has 4 fully saturated rings. The SMILES string of the molecule is Cc1cccc(COC(C)(C)C(=NC2C3CC4CC2CC(C(N)=O)(C4)C3)NC#N)n1. The van der Waals surface area contributed by atoms with Gasteiger partial charge in [0.1, 0.15) is 11.4 Å². The van der Waals surface area contributed by atoms with E-state index in [1.165, 1.54) is 0 Å². The maximum Gasteiger partial charge on any atom is 0.223 e. The largest absolute Gasteiger partial charge is 0.369 e. The maximum atomic E-state index is 12.2. The van der Waals surface area contributed by atoms with Gasteiger partial charge in [-0.1, -0.05) is 6.07 Å². The molecule has 3 N–H and O–H groups in total. The third-order valence-electron chi connectivity index (χ3n) is 7.30. The number of hydrogen-bond acceptors (Lipinski definition) is 5. The molecule has 30 heavy (non-hydrogen) atoms. The molecular formula is C23H31N5O2. The number of nitrogens with one attached hydrogen (secondary N) is 1. The number of rotatable bonds is 6. The van der Waals surface area contributed by atoms with Crippen LogP contribution in [0.15, 0.2) is 23.2 Å². The van der Waals surface area contributed by atoms with Crippen LogP contribution in [0.5, 0.6) is 0 Å². The fraction of sp³-hybridized carbons (Fsp3) is 0.652. The third-order valence-corrected chi connectivity index (χ3v) is 7.30. The first kappa shape index (κ1) is 20.8. The molecule has 2 atom stereocenters. The Balaban J connectivity index is 1.54. The van der Waals surface area contributed by atoms with Gasteiger partial charge in [0.25, 0.3) is 0 Å². The number of nitriles is 1. The third kappa shape index (κ3) is 3.81. The number of aryl methyl sites for hydroxylation is 1. The average Bonchev–Trinajstić information content (AvgIpc) is 2.68. The van der Waals surface area contributed by atoms with Crippen LogP contribution < -0.4 is 11.1 Å². The molecule has 7 heteroatoms. The summed E-state index contributed by atoms with van der Waals surface area (Å²) in [5, 5.41) is 12.1. The molecule has 1 heterocycles. The first-order valence-corrected chi connectivity index (χ1v) is 10.8. The monoisotopic (exact) mass is 409 g/mol. The van der Waals surface area contributed by atoms with Crippen molar-refractivity contribution in [1.82, 2.24) is 10.3 Å². The van der Waals surface area contributed by atoms with Gasteiger partial charge >= 0.3 is 0 Å². The second kappa shape index (κ2) is 7.66. The lowest BCUT2D eigenvalue weighted by atomic mass is 9.48. The molecule has 0 radical (unpaired) electrons. The summed E-state index contributed by atoms with van der Waals surface area (Å²) >= 11 is 0. The molecule has 4 bridgehead atoms. The normalized spacial score (nSPS) is 32.7.